The SMILES string of the molecule is Cc1nsc(N)c1-c1ncn[nH]1. The maximum Gasteiger partial charge on any atom is 0.160 e. The van der Waals surface area contributed by atoms with Gasteiger partial charge in [-0.05, 0) is 18.5 Å². The van der Waals surface area contributed by atoms with Crippen LogP contribution in [-0.4, -0.2) is 19.6 Å². The lowest BCUT2D eigenvalue weighted by atomic mass is 10.2. The van der Waals surface area contributed by atoms with Crippen molar-refractivity contribution in [2.45, 2.75) is 6.92 Å². The van der Waals surface area contributed by atoms with E-state index in [0.717, 1.165) is 11.3 Å². The standard InChI is InChI=1S/C6H7N5S/c1-3-4(5(7)12-11-3)6-8-2-9-10-6/h2H,7H2,1H3,(H,8,9,10). The highest BCUT2D eigenvalue weighted by molar-refractivity contribution is 7.10. The molecule has 0 unspecified atom stereocenters. The first-order valence-electron chi connectivity index (χ1n) is 3.36. The molecule has 0 aliphatic carbocycles. The summed E-state index contributed by atoms with van der Waals surface area (Å²) >= 11 is 1.27. The summed E-state index contributed by atoms with van der Waals surface area (Å²) in [6.07, 6.45) is 1.45. The molecular formula is C6H7N5S. The average molecular weight is 181 g/mol. The van der Waals surface area contributed by atoms with E-state index in [1.54, 1.807) is 0 Å². The first-order chi connectivity index (χ1) is 5.79. The van der Waals surface area contributed by atoms with Gasteiger partial charge in [-0.15, -0.1) is 0 Å². The van der Waals surface area contributed by atoms with Crippen LogP contribution < -0.4 is 5.73 Å². The molecule has 2 aromatic rings. The molecule has 0 radical (unpaired) electrons. The number of rotatable bonds is 1. The fraction of sp³-hybridized carbons (Fsp3) is 0.167. The van der Waals surface area contributed by atoms with E-state index >= 15 is 0 Å². The van der Waals surface area contributed by atoms with Crippen LogP contribution in [0, 0.1) is 6.92 Å². The Balaban J connectivity index is 2.60. The minimum Gasteiger partial charge on any atom is -0.389 e. The third-order valence-electron chi connectivity index (χ3n) is 1.54. The van der Waals surface area contributed by atoms with E-state index in [1.807, 2.05) is 6.92 Å². The average Bonchev–Trinajstić information content (AvgIpc) is 2.61. The van der Waals surface area contributed by atoms with Crippen molar-refractivity contribution >= 4 is 16.5 Å². The second kappa shape index (κ2) is 2.56. The first kappa shape index (κ1) is 7.23. The number of hydrogen-bond donors (Lipinski definition) is 2. The summed E-state index contributed by atoms with van der Waals surface area (Å²) in [5.41, 5.74) is 7.44. The number of aromatic amines is 1. The molecule has 0 fully saturated rings. The van der Waals surface area contributed by atoms with Gasteiger partial charge in [0, 0.05) is 0 Å². The zero-order chi connectivity index (χ0) is 8.55. The Kier molecular flexibility index (Phi) is 1.54. The van der Waals surface area contributed by atoms with E-state index in [0.29, 0.717) is 10.8 Å². The summed E-state index contributed by atoms with van der Waals surface area (Å²) in [7, 11) is 0. The van der Waals surface area contributed by atoms with Gasteiger partial charge < -0.3 is 5.73 Å². The van der Waals surface area contributed by atoms with E-state index in [2.05, 4.69) is 19.6 Å². The Labute approximate surface area is 72.8 Å². The van der Waals surface area contributed by atoms with Gasteiger partial charge in [0.2, 0.25) is 0 Å². The van der Waals surface area contributed by atoms with Crippen molar-refractivity contribution in [1.29, 1.82) is 0 Å². The highest BCUT2D eigenvalue weighted by Crippen LogP contribution is 2.28. The molecule has 0 saturated heterocycles. The molecule has 0 aromatic carbocycles. The van der Waals surface area contributed by atoms with Gasteiger partial charge in [0.05, 0.1) is 11.3 Å². The summed E-state index contributed by atoms with van der Waals surface area (Å²) in [6, 6.07) is 0. The number of hydrogen-bond acceptors (Lipinski definition) is 5. The number of nitrogen functional groups attached to an aromatic ring is 1. The molecular weight excluding hydrogens is 174 g/mol. The molecule has 12 heavy (non-hydrogen) atoms. The Morgan fingerprint density at radius 3 is 2.92 bits per heavy atom. The highest BCUT2D eigenvalue weighted by Gasteiger charge is 2.11. The molecule has 2 aromatic heterocycles. The summed E-state index contributed by atoms with van der Waals surface area (Å²) in [6.45, 7) is 1.89. The topological polar surface area (TPSA) is 80.5 Å². The van der Waals surface area contributed by atoms with Crippen LogP contribution in [0.4, 0.5) is 5.00 Å². The van der Waals surface area contributed by atoms with E-state index < -0.39 is 0 Å². The molecule has 0 saturated carbocycles. The van der Waals surface area contributed by atoms with Crippen molar-refractivity contribution in [1.82, 2.24) is 19.6 Å². The largest absolute Gasteiger partial charge is 0.389 e. The number of aryl methyl sites for hydroxylation is 1. The fourth-order valence-corrected chi connectivity index (χ4v) is 1.66. The highest BCUT2D eigenvalue weighted by atomic mass is 32.1. The zero-order valence-electron chi connectivity index (χ0n) is 6.40. The molecule has 5 nitrogen and oxygen atoms in total. The smallest absolute Gasteiger partial charge is 0.160 e. The molecule has 2 heterocycles. The van der Waals surface area contributed by atoms with Crippen LogP contribution in [0.2, 0.25) is 0 Å². The quantitative estimate of drug-likeness (QED) is 0.682. The molecule has 2 rings (SSSR count). The van der Waals surface area contributed by atoms with E-state index in [-0.39, 0.29) is 0 Å². The van der Waals surface area contributed by atoms with Crippen molar-refractivity contribution in [3.8, 4) is 11.4 Å². The van der Waals surface area contributed by atoms with Crippen LogP contribution in [-0.2, 0) is 0 Å². The lowest BCUT2D eigenvalue weighted by Crippen LogP contribution is -1.87. The van der Waals surface area contributed by atoms with Gasteiger partial charge in [-0.2, -0.15) is 9.47 Å². The molecule has 0 atom stereocenters. The molecule has 0 bridgehead atoms. The number of aromatic nitrogens is 4. The number of nitrogens with zero attached hydrogens (tertiary/aromatic N) is 3. The van der Waals surface area contributed by atoms with Crippen LogP contribution in [0.1, 0.15) is 5.69 Å². The zero-order valence-corrected chi connectivity index (χ0v) is 7.22. The van der Waals surface area contributed by atoms with Gasteiger partial charge in [0.1, 0.15) is 11.3 Å². The van der Waals surface area contributed by atoms with Crippen LogP contribution in [0.3, 0.4) is 0 Å². The van der Waals surface area contributed by atoms with Gasteiger partial charge in [-0.3, -0.25) is 5.10 Å². The van der Waals surface area contributed by atoms with E-state index in [9.17, 15) is 0 Å². The molecule has 0 aliphatic rings. The minimum atomic E-state index is 0.671. The third-order valence-corrected chi connectivity index (χ3v) is 2.31. The van der Waals surface area contributed by atoms with Crippen LogP contribution >= 0.6 is 11.5 Å². The Bertz CT molecular complexity index is 357. The van der Waals surface area contributed by atoms with Crippen LogP contribution in [0.25, 0.3) is 11.4 Å². The summed E-state index contributed by atoms with van der Waals surface area (Å²) < 4.78 is 4.10. The first-order valence-corrected chi connectivity index (χ1v) is 4.14. The second-order valence-electron chi connectivity index (χ2n) is 2.34. The van der Waals surface area contributed by atoms with Crippen molar-refractivity contribution in [3.63, 3.8) is 0 Å². The predicted octanol–water partition coefficient (Wildman–Crippen LogP) is 0.819. The molecule has 0 spiro atoms. The predicted molar refractivity (Wildman–Crippen MR) is 46.6 cm³/mol. The minimum absolute atomic E-state index is 0.671. The number of nitrogens with two attached hydrogens (primary N) is 1. The maximum atomic E-state index is 5.70. The molecule has 0 aliphatic heterocycles. The van der Waals surface area contributed by atoms with Crippen LogP contribution in [0.15, 0.2) is 6.33 Å². The second-order valence-corrected chi connectivity index (χ2v) is 3.15. The summed E-state index contributed by atoms with van der Waals surface area (Å²) in [5, 5.41) is 7.16. The van der Waals surface area contributed by atoms with Crippen LogP contribution in [0.5, 0.6) is 0 Å². The van der Waals surface area contributed by atoms with Crippen molar-refractivity contribution in [2.24, 2.45) is 0 Å². The van der Waals surface area contributed by atoms with Gasteiger partial charge >= 0.3 is 0 Å². The van der Waals surface area contributed by atoms with Gasteiger partial charge in [-0.25, -0.2) is 4.98 Å². The lowest BCUT2D eigenvalue weighted by molar-refractivity contribution is 1.09. The number of anilines is 1. The Morgan fingerprint density at radius 1 is 1.58 bits per heavy atom. The number of nitrogens with one attached hydrogen (secondary N) is 1. The van der Waals surface area contributed by atoms with Crippen molar-refractivity contribution in [3.05, 3.63) is 12.0 Å². The Hall–Kier alpha value is -1.43. The lowest BCUT2D eigenvalue weighted by Gasteiger charge is -1.92. The number of H-pyrrole nitrogens is 1. The molecule has 62 valence electrons. The summed E-state index contributed by atoms with van der Waals surface area (Å²) in [5.74, 6) is 0.679. The molecule has 3 N–H and O–H groups in total. The summed E-state index contributed by atoms with van der Waals surface area (Å²) in [4.78, 5) is 4.00. The maximum absolute atomic E-state index is 5.70. The monoisotopic (exact) mass is 181 g/mol. The molecule has 0 amide bonds. The third kappa shape index (κ3) is 0.964. The normalized spacial score (nSPS) is 10.4. The Morgan fingerprint density at radius 2 is 2.42 bits per heavy atom. The van der Waals surface area contributed by atoms with Gasteiger partial charge in [0.25, 0.3) is 0 Å². The fourth-order valence-electron chi connectivity index (χ4n) is 1.00. The van der Waals surface area contributed by atoms with Gasteiger partial charge in [-0.1, -0.05) is 0 Å². The van der Waals surface area contributed by atoms with Crippen molar-refractivity contribution < 1.29 is 0 Å². The van der Waals surface area contributed by atoms with Gasteiger partial charge in [0.15, 0.2) is 5.82 Å². The van der Waals surface area contributed by atoms with E-state index in [4.69, 9.17) is 5.73 Å². The molecule has 6 heteroatoms. The van der Waals surface area contributed by atoms with Crippen molar-refractivity contribution in [2.75, 3.05) is 5.73 Å². The van der Waals surface area contributed by atoms with E-state index in [1.165, 1.54) is 17.9 Å².